The van der Waals surface area contributed by atoms with Crippen molar-refractivity contribution in [1.82, 2.24) is 30.9 Å². The van der Waals surface area contributed by atoms with Crippen LogP contribution in [0.25, 0.3) is 10.9 Å². The number of aliphatic carboxylic acids is 1. The van der Waals surface area contributed by atoms with Crippen molar-refractivity contribution in [2.75, 3.05) is 0 Å². The van der Waals surface area contributed by atoms with E-state index in [0.717, 1.165) is 10.9 Å². The number of fused-ring (bicyclic) bond motifs is 1. The number of carbonyl (C=O) groups is 4. The number of hydrogen-bond acceptors (Lipinski definition) is 7. The number of nitrogens with one attached hydrogen (secondary N) is 5. The summed E-state index contributed by atoms with van der Waals surface area (Å²) >= 11 is 0. The summed E-state index contributed by atoms with van der Waals surface area (Å²) in [7, 11) is 0. The first-order valence-electron chi connectivity index (χ1n) is 11.7. The molecule has 1 aromatic carbocycles. The smallest absolute Gasteiger partial charge is 0.326 e. The van der Waals surface area contributed by atoms with Gasteiger partial charge in [-0.1, -0.05) is 18.2 Å². The zero-order chi connectivity index (χ0) is 27.1. The Morgan fingerprint density at radius 1 is 0.973 bits per heavy atom. The number of nitrogens with two attached hydrogens (primary N) is 1. The summed E-state index contributed by atoms with van der Waals surface area (Å²) in [6, 6.07) is 2.50. The molecule has 198 valence electrons. The molecular weight excluding hydrogens is 482 g/mol. The minimum Gasteiger partial charge on any atom is -0.480 e. The highest BCUT2D eigenvalue weighted by Gasteiger charge is 2.32. The van der Waals surface area contributed by atoms with Crippen LogP contribution in [-0.2, 0) is 32.0 Å². The minimum atomic E-state index is -1.39. The number of H-pyrrole nitrogens is 2. The van der Waals surface area contributed by atoms with Gasteiger partial charge >= 0.3 is 5.97 Å². The highest BCUT2D eigenvalue weighted by atomic mass is 16.4. The van der Waals surface area contributed by atoms with Crippen LogP contribution in [0.3, 0.4) is 0 Å². The standard InChI is InChI=1S/C24H31N7O6/c1-12(25)21(33)31-20(13(2)32)23(35)29-18(7-14-9-27-17-6-4-3-5-16(14)17)22(34)30-19(24(36)37)8-15-10-26-11-28-15/h3-6,9-13,18-20,27,32H,7-8,25H2,1-2H3,(H,26,28)(H,29,35)(H,30,34)(H,31,33)(H,36,37). The van der Waals surface area contributed by atoms with Crippen molar-refractivity contribution in [2.45, 2.75) is 57.0 Å². The van der Waals surface area contributed by atoms with Crippen molar-refractivity contribution < 1.29 is 29.4 Å². The Morgan fingerprint density at radius 3 is 2.30 bits per heavy atom. The summed E-state index contributed by atoms with van der Waals surface area (Å²) in [5.41, 5.74) is 7.57. The lowest BCUT2D eigenvalue weighted by Crippen LogP contribution is -2.60. The number of nitrogens with zero attached hydrogens (tertiary/aromatic N) is 1. The lowest BCUT2D eigenvalue weighted by atomic mass is 10.0. The Bertz CT molecular complexity index is 1240. The molecule has 0 aliphatic carbocycles. The zero-order valence-electron chi connectivity index (χ0n) is 20.4. The second-order valence-electron chi connectivity index (χ2n) is 8.82. The van der Waals surface area contributed by atoms with Crippen LogP contribution >= 0.6 is 0 Å². The Labute approximate surface area is 212 Å². The normalized spacial score (nSPS) is 15.2. The first-order chi connectivity index (χ1) is 17.6. The molecule has 0 spiro atoms. The van der Waals surface area contributed by atoms with Crippen LogP contribution in [0.1, 0.15) is 25.1 Å². The van der Waals surface area contributed by atoms with Gasteiger partial charge in [0.1, 0.15) is 18.1 Å². The number of para-hydroxylation sites is 1. The van der Waals surface area contributed by atoms with E-state index in [1.165, 1.54) is 26.4 Å². The molecule has 0 saturated heterocycles. The molecule has 0 aliphatic heterocycles. The molecular formula is C24H31N7O6. The van der Waals surface area contributed by atoms with Gasteiger partial charge in [0.05, 0.1) is 18.5 Å². The van der Waals surface area contributed by atoms with Gasteiger partial charge in [0, 0.05) is 41.8 Å². The molecule has 0 radical (unpaired) electrons. The quantitative estimate of drug-likeness (QED) is 0.149. The van der Waals surface area contributed by atoms with Gasteiger partial charge in [-0.2, -0.15) is 0 Å². The number of carboxylic acid groups (broad SMARTS) is 1. The fraction of sp³-hybridized carbons (Fsp3) is 0.375. The van der Waals surface area contributed by atoms with E-state index in [1.807, 2.05) is 24.3 Å². The summed E-state index contributed by atoms with van der Waals surface area (Å²) in [5.74, 6) is -3.52. The maximum Gasteiger partial charge on any atom is 0.326 e. The number of rotatable bonds is 12. The molecule has 3 aromatic rings. The highest BCUT2D eigenvalue weighted by molar-refractivity contribution is 5.95. The van der Waals surface area contributed by atoms with E-state index in [4.69, 9.17) is 5.73 Å². The van der Waals surface area contributed by atoms with Crippen molar-refractivity contribution in [3.63, 3.8) is 0 Å². The van der Waals surface area contributed by atoms with Crippen LogP contribution in [-0.4, -0.2) is 79.1 Å². The van der Waals surface area contributed by atoms with Crippen LogP contribution in [0.2, 0.25) is 0 Å². The minimum absolute atomic E-state index is 0.00571. The Balaban J connectivity index is 1.85. The van der Waals surface area contributed by atoms with E-state index in [0.29, 0.717) is 11.3 Å². The SMILES string of the molecule is CC(N)C(=O)NC(C(=O)NC(Cc1c[nH]c2ccccc12)C(=O)NC(Cc1cnc[nH]1)C(=O)O)C(C)O. The van der Waals surface area contributed by atoms with Crippen LogP contribution in [0.15, 0.2) is 43.0 Å². The third-order valence-corrected chi connectivity index (χ3v) is 5.80. The molecule has 0 fully saturated rings. The third kappa shape index (κ3) is 7.15. The molecule has 0 saturated carbocycles. The Hall–Kier alpha value is -4.23. The van der Waals surface area contributed by atoms with Gasteiger partial charge in [-0.05, 0) is 25.5 Å². The van der Waals surface area contributed by atoms with E-state index >= 15 is 0 Å². The van der Waals surface area contributed by atoms with Gasteiger partial charge in [0.25, 0.3) is 0 Å². The van der Waals surface area contributed by atoms with Crippen molar-refractivity contribution in [3.8, 4) is 0 Å². The number of amides is 3. The number of aliphatic hydroxyl groups excluding tert-OH is 1. The van der Waals surface area contributed by atoms with Crippen LogP contribution in [0.5, 0.6) is 0 Å². The summed E-state index contributed by atoms with van der Waals surface area (Å²) in [4.78, 5) is 60.0. The van der Waals surface area contributed by atoms with Crippen LogP contribution in [0, 0.1) is 0 Å². The Morgan fingerprint density at radius 2 is 1.68 bits per heavy atom. The summed E-state index contributed by atoms with van der Waals surface area (Å²) in [5, 5.41) is 28.0. The maximum absolute atomic E-state index is 13.3. The van der Waals surface area contributed by atoms with Crippen LogP contribution in [0.4, 0.5) is 0 Å². The average molecular weight is 514 g/mol. The van der Waals surface area contributed by atoms with E-state index in [9.17, 15) is 29.4 Å². The van der Waals surface area contributed by atoms with E-state index < -0.39 is 54.0 Å². The highest BCUT2D eigenvalue weighted by Crippen LogP contribution is 2.19. The molecule has 3 amide bonds. The zero-order valence-corrected chi connectivity index (χ0v) is 20.4. The van der Waals surface area contributed by atoms with Crippen molar-refractivity contribution in [1.29, 1.82) is 0 Å². The number of aliphatic hydroxyl groups is 1. The molecule has 0 bridgehead atoms. The number of benzene rings is 1. The van der Waals surface area contributed by atoms with Gasteiger partial charge < -0.3 is 41.9 Å². The predicted octanol–water partition coefficient (Wildman–Crippen LogP) is -1.06. The lowest BCUT2D eigenvalue weighted by Gasteiger charge is -2.26. The molecule has 2 aromatic heterocycles. The average Bonchev–Trinajstić information content (AvgIpc) is 3.51. The number of carboxylic acids is 1. The topological polar surface area (TPSA) is 215 Å². The predicted molar refractivity (Wildman–Crippen MR) is 133 cm³/mol. The molecule has 2 heterocycles. The molecule has 3 rings (SSSR count). The second kappa shape index (κ2) is 12.1. The monoisotopic (exact) mass is 513 g/mol. The largest absolute Gasteiger partial charge is 0.480 e. The van der Waals surface area contributed by atoms with Crippen molar-refractivity contribution in [3.05, 3.63) is 54.2 Å². The van der Waals surface area contributed by atoms with Gasteiger partial charge in [-0.15, -0.1) is 0 Å². The molecule has 13 nitrogen and oxygen atoms in total. The second-order valence-corrected chi connectivity index (χ2v) is 8.82. The fourth-order valence-corrected chi connectivity index (χ4v) is 3.77. The first kappa shape index (κ1) is 27.4. The van der Waals surface area contributed by atoms with Gasteiger partial charge in [0.2, 0.25) is 17.7 Å². The number of aromatic amines is 2. The van der Waals surface area contributed by atoms with Crippen molar-refractivity contribution in [2.24, 2.45) is 5.73 Å². The molecule has 13 heteroatoms. The van der Waals surface area contributed by atoms with Gasteiger partial charge in [-0.3, -0.25) is 14.4 Å². The Kier molecular flexibility index (Phi) is 8.98. The first-order valence-corrected chi connectivity index (χ1v) is 11.7. The summed E-state index contributed by atoms with van der Waals surface area (Å²) < 4.78 is 0. The number of carbonyl (C=O) groups excluding carboxylic acids is 3. The van der Waals surface area contributed by atoms with E-state index in [1.54, 1.807) is 6.20 Å². The van der Waals surface area contributed by atoms with Gasteiger partial charge in [0.15, 0.2) is 0 Å². The summed E-state index contributed by atoms with van der Waals surface area (Å²) in [6.07, 6.45) is 3.18. The fourth-order valence-electron chi connectivity index (χ4n) is 3.77. The van der Waals surface area contributed by atoms with Gasteiger partial charge in [-0.25, -0.2) is 9.78 Å². The lowest BCUT2D eigenvalue weighted by molar-refractivity contribution is -0.142. The number of hydrogen-bond donors (Lipinski definition) is 8. The van der Waals surface area contributed by atoms with E-state index in [2.05, 4.69) is 30.9 Å². The molecule has 9 N–H and O–H groups in total. The molecule has 5 unspecified atom stereocenters. The number of aromatic nitrogens is 3. The van der Waals surface area contributed by atoms with E-state index in [-0.39, 0.29) is 12.8 Å². The summed E-state index contributed by atoms with van der Waals surface area (Å²) in [6.45, 7) is 2.73. The maximum atomic E-state index is 13.3. The third-order valence-electron chi connectivity index (χ3n) is 5.80. The molecule has 37 heavy (non-hydrogen) atoms. The molecule has 5 atom stereocenters. The number of imidazole rings is 1. The van der Waals surface area contributed by atoms with Crippen LogP contribution < -0.4 is 21.7 Å². The van der Waals surface area contributed by atoms with Crippen molar-refractivity contribution >= 4 is 34.6 Å². The molecule has 0 aliphatic rings.